The third-order valence-corrected chi connectivity index (χ3v) is 1.14. The average molecular weight is 243 g/mol. The molecule has 3 nitrogen and oxygen atoms in total. The van der Waals surface area contributed by atoms with E-state index in [1.165, 1.54) is 0 Å². The summed E-state index contributed by atoms with van der Waals surface area (Å²) in [4.78, 5) is 9.90. The molecule has 0 radical (unpaired) electrons. The molecule has 1 amide bonds. The minimum Gasteiger partial charge on any atom is -0.368 e. The summed E-state index contributed by atoms with van der Waals surface area (Å²) in [7, 11) is 0. The van der Waals surface area contributed by atoms with Gasteiger partial charge in [0, 0.05) is 0 Å². The van der Waals surface area contributed by atoms with E-state index in [9.17, 15) is 35.5 Å². The first-order chi connectivity index (χ1) is 6.42. The third-order valence-electron chi connectivity index (χ3n) is 1.14. The van der Waals surface area contributed by atoms with E-state index in [4.69, 9.17) is 0 Å². The molecule has 0 rings (SSSR count). The van der Waals surface area contributed by atoms with Crippen molar-refractivity contribution < 1.29 is 40.3 Å². The summed E-state index contributed by atoms with van der Waals surface area (Å²) in [6.07, 6.45) is -12.7. The molecule has 10 heteroatoms. The Balaban J connectivity index is 4.98. The molecule has 0 atom stereocenters. The lowest BCUT2D eigenvalue weighted by Crippen LogP contribution is -2.56. The van der Waals surface area contributed by atoms with E-state index in [1.54, 1.807) is 0 Å². The SMILES string of the molecule is NC(=O)COC(F)(C(F)(F)F)C(F)(F)F. The molecule has 0 heterocycles. The Bertz CT molecular complexity index is 231. The fourth-order valence-electron chi connectivity index (χ4n) is 0.495. The van der Waals surface area contributed by atoms with Crippen LogP contribution in [0.25, 0.3) is 0 Å². The van der Waals surface area contributed by atoms with Gasteiger partial charge in [-0.15, -0.1) is 0 Å². The molecule has 2 N–H and O–H groups in total. The van der Waals surface area contributed by atoms with Crippen molar-refractivity contribution in [3.05, 3.63) is 0 Å². The van der Waals surface area contributed by atoms with E-state index >= 15 is 0 Å². The molecule has 0 aromatic carbocycles. The van der Waals surface area contributed by atoms with E-state index in [1.807, 2.05) is 0 Å². The minimum atomic E-state index is -6.35. The molecule has 15 heavy (non-hydrogen) atoms. The van der Waals surface area contributed by atoms with Gasteiger partial charge < -0.3 is 10.5 Å². The van der Waals surface area contributed by atoms with Gasteiger partial charge in [0.15, 0.2) is 0 Å². The predicted octanol–water partition coefficient (Wildman–Crippen LogP) is 1.28. The maximum Gasteiger partial charge on any atom is 0.458 e. The van der Waals surface area contributed by atoms with E-state index < -0.39 is 30.7 Å². The van der Waals surface area contributed by atoms with Crippen LogP contribution < -0.4 is 5.73 Å². The zero-order valence-electron chi connectivity index (χ0n) is 6.75. The fraction of sp³-hybridized carbons (Fsp3) is 0.800. The largest absolute Gasteiger partial charge is 0.458 e. The van der Waals surface area contributed by atoms with Crippen molar-refractivity contribution >= 4 is 5.91 Å². The van der Waals surface area contributed by atoms with Crippen molar-refractivity contribution in [2.24, 2.45) is 5.73 Å². The summed E-state index contributed by atoms with van der Waals surface area (Å²) in [5.74, 6) is -7.56. The topological polar surface area (TPSA) is 52.3 Å². The molecule has 90 valence electrons. The van der Waals surface area contributed by atoms with Crippen LogP contribution in [0.2, 0.25) is 0 Å². The van der Waals surface area contributed by atoms with Gasteiger partial charge in [-0.05, 0) is 0 Å². The number of ether oxygens (including phenoxy) is 1. The Kier molecular flexibility index (Phi) is 3.56. The maximum absolute atomic E-state index is 12.5. The number of amides is 1. The zero-order chi connectivity index (χ0) is 12.5. The molecular weight excluding hydrogens is 239 g/mol. The highest BCUT2D eigenvalue weighted by Gasteiger charge is 2.74. The normalized spacial score (nSPS) is 14.1. The molecule has 0 saturated heterocycles. The first-order valence-corrected chi connectivity index (χ1v) is 3.16. The van der Waals surface area contributed by atoms with Crippen LogP contribution >= 0.6 is 0 Å². The van der Waals surface area contributed by atoms with Crippen LogP contribution in [0.4, 0.5) is 30.7 Å². The standard InChI is InChI=1S/C5H4F7NO2/c6-3(4(7,8)9,5(10,11)12)15-1-2(13)14/h1H2,(H2,13,14). The van der Waals surface area contributed by atoms with E-state index in [-0.39, 0.29) is 0 Å². The number of nitrogens with two attached hydrogens (primary N) is 1. The van der Waals surface area contributed by atoms with Gasteiger partial charge in [-0.25, -0.2) is 0 Å². The molecule has 0 bridgehead atoms. The molecule has 0 fully saturated rings. The van der Waals surface area contributed by atoms with E-state index in [0.29, 0.717) is 0 Å². The number of hydrogen-bond acceptors (Lipinski definition) is 2. The first-order valence-electron chi connectivity index (χ1n) is 3.16. The Hall–Kier alpha value is -1.06. The number of rotatable bonds is 3. The van der Waals surface area contributed by atoms with Crippen molar-refractivity contribution in [3.63, 3.8) is 0 Å². The Morgan fingerprint density at radius 2 is 1.33 bits per heavy atom. The van der Waals surface area contributed by atoms with Crippen molar-refractivity contribution in [2.45, 2.75) is 18.2 Å². The molecule has 0 aliphatic rings. The molecule has 0 unspecified atom stereocenters. The number of hydrogen-bond donors (Lipinski definition) is 1. The second-order valence-corrected chi connectivity index (χ2v) is 2.35. The second kappa shape index (κ2) is 3.83. The Morgan fingerprint density at radius 3 is 1.53 bits per heavy atom. The minimum absolute atomic E-state index is 1.66. The predicted molar refractivity (Wildman–Crippen MR) is 31.1 cm³/mol. The van der Waals surface area contributed by atoms with Crippen molar-refractivity contribution in [1.82, 2.24) is 0 Å². The van der Waals surface area contributed by atoms with Gasteiger partial charge in [0.2, 0.25) is 5.91 Å². The summed E-state index contributed by atoms with van der Waals surface area (Å²) in [6, 6.07) is 0. The van der Waals surface area contributed by atoms with Gasteiger partial charge in [0.05, 0.1) is 0 Å². The average Bonchev–Trinajstić information content (AvgIpc) is 1.95. The number of halogens is 7. The molecular formula is C5H4F7NO2. The van der Waals surface area contributed by atoms with E-state index in [2.05, 4.69) is 10.5 Å². The smallest absolute Gasteiger partial charge is 0.368 e. The molecule has 0 aromatic rings. The number of carbonyl (C=O) groups excluding carboxylic acids is 1. The lowest BCUT2D eigenvalue weighted by Gasteiger charge is -2.28. The molecule has 0 aromatic heterocycles. The van der Waals surface area contributed by atoms with Gasteiger partial charge in [0.25, 0.3) is 0 Å². The highest BCUT2D eigenvalue weighted by molar-refractivity contribution is 5.75. The summed E-state index contributed by atoms with van der Waals surface area (Å²) in [5.41, 5.74) is 4.22. The van der Waals surface area contributed by atoms with Crippen LogP contribution in [0.1, 0.15) is 0 Å². The van der Waals surface area contributed by atoms with Crippen LogP contribution in [-0.2, 0) is 9.53 Å². The summed E-state index contributed by atoms with van der Waals surface area (Å²) in [5, 5.41) is 0. The second-order valence-electron chi connectivity index (χ2n) is 2.35. The van der Waals surface area contributed by atoms with Crippen LogP contribution in [0.5, 0.6) is 0 Å². The Labute approximate surface area is 78.0 Å². The summed E-state index contributed by atoms with van der Waals surface area (Å²) >= 11 is 0. The van der Waals surface area contributed by atoms with Crippen LogP contribution in [0.15, 0.2) is 0 Å². The first kappa shape index (κ1) is 13.9. The Morgan fingerprint density at radius 1 is 1.00 bits per heavy atom. The summed E-state index contributed by atoms with van der Waals surface area (Å²) < 4.78 is 85.4. The maximum atomic E-state index is 12.5. The molecule has 0 spiro atoms. The van der Waals surface area contributed by atoms with Gasteiger partial charge >= 0.3 is 18.2 Å². The highest BCUT2D eigenvalue weighted by atomic mass is 19.4. The van der Waals surface area contributed by atoms with Crippen molar-refractivity contribution in [2.75, 3.05) is 6.61 Å². The lowest BCUT2D eigenvalue weighted by molar-refractivity contribution is -0.427. The third kappa shape index (κ3) is 2.94. The fourth-order valence-corrected chi connectivity index (χ4v) is 0.495. The summed E-state index contributed by atoms with van der Waals surface area (Å²) in [6.45, 7) is -1.84. The molecule has 0 aliphatic heterocycles. The molecule has 0 saturated carbocycles. The van der Waals surface area contributed by atoms with Gasteiger partial charge in [0.1, 0.15) is 6.61 Å². The van der Waals surface area contributed by atoms with Gasteiger partial charge in [-0.3, -0.25) is 4.79 Å². The van der Waals surface area contributed by atoms with Crippen molar-refractivity contribution in [3.8, 4) is 0 Å². The lowest BCUT2D eigenvalue weighted by atomic mass is 10.3. The number of alkyl halides is 7. The van der Waals surface area contributed by atoms with Gasteiger partial charge in [-0.1, -0.05) is 0 Å². The number of primary amides is 1. The van der Waals surface area contributed by atoms with Crippen molar-refractivity contribution in [1.29, 1.82) is 0 Å². The van der Waals surface area contributed by atoms with Crippen LogP contribution in [0, 0.1) is 0 Å². The van der Waals surface area contributed by atoms with Gasteiger partial charge in [-0.2, -0.15) is 30.7 Å². The zero-order valence-corrected chi connectivity index (χ0v) is 6.75. The highest BCUT2D eigenvalue weighted by Crippen LogP contribution is 2.46. The van der Waals surface area contributed by atoms with Crippen LogP contribution in [0.3, 0.4) is 0 Å². The number of carbonyl (C=O) groups is 1. The van der Waals surface area contributed by atoms with Crippen LogP contribution in [-0.4, -0.2) is 30.7 Å². The van der Waals surface area contributed by atoms with E-state index in [0.717, 1.165) is 0 Å². The quantitative estimate of drug-likeness (QED) is 0.759. The molecule has 0 aliphatic carbocycles. The monoisotopic (exact) mass is 243 g/mol.